The van der Waals surface area contributed by atoms with Crippen LogP contribution in [0.25, 0.3) is 9.69 Å². The summed E-state index contributed by atoms with van der Waals surface area (Å²) in [6.45, 7) is 60.7. The van der Waals surface area contributed by atoms with E-state index in [0.717, 1.165) is 125 Å². The fourth-order valence-corrected chi connectivity index (χ4v) is 36.7. The lowest BCUT2D eigenvalue weighted by atomic mass is 9.50. The van der Waals surface area contributed by atoms with Gasteiger partial charge in [-0.05, 0) is 134 Å². The van der Waals surface area contributed by atoms with Crippen molar-refractivity contribution in [2.24, 2.45) is 90.8 Å². The van der Waals surface area contributed by atoms with Crippen molar-refractivity contribution < 1.29 is 66.1 Å². The summed E-state index contributed by atoms with van der Waals surface area (Å²) in [6.07, 6.45) is 16.7. The highest BCUT2D eigenvalue weighted by molar-refractivity contribution is 7.95. The van der Waals surface area contributed by atoms with E-state index in [2.05, 4.69) is 155 Å². The van der Waals surface area contributed by atoms with Crippen LogP contribution in [0.3, 0.4) is 0 Å². The molecule has 9 aliphatic carbocycles. The number of rotatable bonds is 8. The minimum Gasteiger partial charge on any atom is -0.497 e. The van der Waals surface area contributed by atoms with E-state index >= 15 is 0 Å². The maximum atomic E-state index is 12.4. The maximum Gasteiger partial charge on any atom is 0.238 e. The minimum absolute atomic E-state index is 0.00660. The van der Waals surface area contributed by atoms with E-state index in [-0.39, 0.29) is 87.4 Å². The van der Waals surface area contributed by atoms with Crippen molar-refractivity contribution in [1.29, 1.82) is 0 Å². The molecule has 15 fully saturated rings. The molecule has 0 bridgehead atoms. The minimum atomic E-state index is -2.76. The van der Waals surface area contributed by atoms with Crippen LogP contribution in [-0.4, -0.2) is 189 Å². The fourth-order valence-electron chi connectivity index (χ4n) is 21.6. The van der Waals surface area contributed by atoms with Crippen LogP contribution in [0.5, 0.6) is 5.75 Å². The van der Waals surface area contributed by atoms with Crippen molar-refractivity contribution >= 4 is 58.8 Å². The third-order valence-electron chi connectivity index (χ3n) is 29.2. The lowest BCUT2D eigenvalue weighted by molar-refractivity contribution is -0.199. The van der Waals surface area contributed by atoms with Crippen molar-refractivity contribution in [2.75, 3.05) is 90.4 Å². The lowest BCUT2D eigenvalue weighted by Gasteiger charge is -2.64. The number of aliphatic hydroxyl groups is 1. The summed E-state index contributed by atoms with van der Waals surface area (Å²) in [7, 11) is -9.38. The van der Waals surface area contributed by atoms with Crippen LogP contribution in [0.1, 0.15) is 260 Å². The molecule has 1 aromatic rings. The van der Waals surface area contributed by atoms with Gasteiger partial charge in [0.2, 0.25) is 11.1 Å². The van der Waals surface area contributed by atoms with Gasteiger partial charge in [-0.1, -0.05) is 158 Å². The Morgan fingerprint density at radius 2 is 0.721 bits per heavy atom. The van der Waals surface area contributed by atoms with E-state index in [0.29, 0.717) is 94.5 Å². The van der Waals surface area contributed by atoms with Gasteiger partial charge >= 0.3 is 0 Å². The normalized spacial score (nSPS) is 35.2. The summed E-state index contributed by atoms with van der Waals surface area (Å²) in [5.41, 5.74) is 7.09. The molecule has 2 unspecified atom stereocenters. The van der Waals surface area contributed by atoms with Crippen LogP contribution < -0.4 is 10.5 Å². The van der Waals surface area contributed by atoms with Crippen LogP contribution in [-0.2, 0) is 79.6 Å². The second kappa shape index (κ2) is 28.3. The number of hydrogen-bond acceptors (Lipinski definition) is 18. The predicted molar refractivity (Wildman–Crippen MR) is 447 cm³/mol. The zero-order valence-electron chi connectivity index (χ0n) is 72.3. The molecule has 2 atom stereocenters. The number of nitrogens with zero attached hydrogens (tertiary/aromatic N) is 4. The Labute approximate surface area is 672 Å². The van der Waals surface area contributed by atoms with Gasteiger partial charge in [-0.2, -0.15) is 0 Å². The van der Waals surface area contributed by atoms with E-state index in [1.54, 1.807) is 14.2 Å². The molecule has 6 heterocycles. The van der Waals surface area contributed by atoms with E-state index in [4.69, 9.17) is 37.8 Å². The third-order valence-corrected chi connectivity index (χ3v) is 43.3. The largest absolute Gasteiger partial charge is 0.497 e. The van der Waals surface area contributed by atoms with E-state index < -0.39 is 64.4 Å². The topological polar surface area (TPSA) is 287 Å². The Morgan fingerprint density at radius 1 is 0.423 bits per heavy atom. The molecular weight excluding hydrogens is 1520 g/mol. The molecular formula is C85H143N5O15S6. The highest BCUT2D eigenvalue weighted by atomic mass is 32.2. The average Bonchev–Trinajstić information content (AvgIpc) is 0.956. The highest BCUT2D eigenvalue weighted by Gasteiger charge is 2.74. The van der Waals surface area contributed by atoms with Gasteiger partial charge < -0.3 is 39.5 Å². The molecule has 6 saturated heterocycles. The van der Waals surface area contributed by atoms with Crippen molar-refractivity contribution in [3.05, 3.63) is 52.7 Å². The predicted octanol–water partition coefficient (Wildman–Crippen LogP) is 15.0. The summed E-state index contributed by atoms with van der Waals surface area (Å²) in [6, 6.07) is 8.92. The monoisotopic (exact) mass is 1670 g/mol. The zero-order chi connectivity index (χ0) is 83.7. The maximum absolute atomic E-state index is 12.4. The van der Waals surface area contributed by atoms with Gasteiger partial charge in [0.1, 0.15) is 5.75 Å². The quantitative estimate of drug-likeness (QED) is 0.229. The van der Waals surface area contributed by atoms with Gasteiger partial charge in [0.15, 0.2) is 39.3 Å². The van der Waals surface area contributed by atoms with E-state index in [1.165, 1.54) is 12.0 Å². The van der Waals surface area contributed by atoms with Crippen LogP contribution in [0.2, 0.25) is 0 Å². The molecule has 20 nitrogen and oxygen atoms in total. The number of benzene rings is 1. The van der Waals surface area contributed by atoms with Gasteiger partial charge in [-0.15, -0.1) is 0 Å². The Hall–Kier alpha value is -2.50. The van der Waals surface area contributed by atoms with Gasteiger partial charge in [0.05, 0.1) is 94.7 Å². The summed E-state index contributed by atoms with van der Waals surface area (Å²) < 4.78 is 145. The number of methoxy groups -OCH3 is 3. The van der Waals surface area contributed by atoms with Crippen LogP contribution in [0.4, 0.5) is 0 Å². The molecule has 6 spiro atoms. The van der Waals surface area contributed by atoms with E-state index in [1.807, 2.05) is 40.0 Å². The summed E-state index contributed by atoms with van der Waals surface area (Å²) >= 11 is 0. The van der Waals surface area contributed by atoms with Crippen molar-refractivity contribution in [3.63, 3.8) is 0 Å². The lowest BCUT2D eigenvalue weighted by Crippen LogP contribution is -2.71. The van der Waals surface area contributed by atoms with Crippen molar-refractivity contribution in [1.82, 2.24) is 0 Å². The Morgan fingerprint density at radius 3 is 0.964 bits per heavy atom. The first-order valence-corrected chi connectivity index (χ1v) is 51.7. The fraction of sp³-hybridized carbons (Fsp3) is 0.906. The first-order chi connectivity index (χ1) is 49.9. The second-order valence-electron chi connectivity index (χ2n) is 46.3. The Balaban J connectivity index is 0.000000138. The average molecular weight is 1670 g/mol. The molecule has 16 rings (SSSR count). The Bertz CT molecular complexity index is 4340. The number of hydrogen-bond donors (Lipinski definition) is 2. The zero-order valence-corrected chi connectivity index (χ0v) is 77.2. The highest BCUT2D eigenvalue weighted by Crippen LogP contribution is 2.68. The number of sulfone groups is 4. The standard InChI is InChI=1S/C15H22O2.C14H22N2OS.C14H25NO2S.C11H17NO2S.C11H20O3S.C10H19NO2S.C10H18O3S/c1-15(2,3)13-9-14(13)17-10-11-5-7-12(16-4)8-6-11;1-12(2,3)14(15-4)7-13(8-14)9-18(17,10-13)16-11-5-6-11;1-12(2,3)14(17-4)7-13(8-14)9-18(16,10-13)15-11-5-6-11;1-9(2,3)11(12-4)5-10(6-11)7-15(13,14)8-10;1-9(2,3)11(14-4)5-10(6-11)7-15(12,13)8-10;2*1-8(2,3)10(11)4-9(5-10)6-14(12,13)7-9/h5-8,13-14H,9-10H2,1-4H3;11H,5-10H2,1-3H3;11H,5-10H2,1-4H3;5-8H2,1-3H3;5-8H2,1-4H3;4-7,11H2,1-3H3;11H,4-7H2,1-3H3. The molecule has 26 heteroatoms. The van der Waals surface area contributed by atoms with Crippen molar-refractivity contribution in [3.8, 4) is 5.75 Å². The van der Waals surface area contributed by atoms with Crippen LogP contribution in [0.15, 0.2) is 33.0 Å². The summed E-state index contributed by atoms with van der Waals surface area (Å²) in [5.74, 6) is 7.51. The smallest absolute Gasteiger partial charge is 0.238 e. The van der Waals surface area contributed by atoms with Crippen LogP contribution in [0, 0.1) is 89.5 Å². The van der Waals surface area contributed by atoms with Crippen molar-refractivity contribution in [2.45, 2.75) is 313 Å². The number of nitrogens with two attached hydrogens (primary N) is 1. The summed E-state index contributed by atoms with van der Waals surface area (Å²) in [5, 5.41) is 10.2. The van der Waals surface area contributed by atoms with Gasteiger partial charge in [0, 0.05) is 131 Å². The van der Waals surface area contributed by atoms with Gasteiger partial charge in [0.25, 0.3) is 0 Å². The molecule has 0 amide bonds. The molecule has 1 aromatic carbocycles. The SMILES string of the molecule is CC(C)(C)C1(N)CC2(C1)CS(=O)(=O)C2.CC(C)(C)C1(O)CC2(C1)CS(=O)(=O)C2.COC1(C(C)(C)C)CC2(C1)CS(=O)(=NC1CC1)C2.COC1(C(C)(C)C)CC2(C1)CS(=O)(=O)C2.COc1ccc(COC2CC2C(C)(C)C)cc1.[C-]#[N+]C1(C(C)(C)C)CC2(C1)CS(=O)(=NC1CC1)C2.[C-]#[N+]C1(C(C)(C)C)CC2(C1)CS(=O)(=O)C2. The molecule has 15 aliphatic rings. The van der Waals surface area contributed by atoms with Gasteiger partial charge in [-0.3, -0.25) is 0 Å². The molecule has 6 aliphatic heterocycles. The first-order valence-electron chi connectivity index (χ1n) is 40.8. The van der Waals surface area contributed by atoms with Gasteiger partial charge in [-0.25, -0.2) is 64.0 Å². The molecule has 9 saturated carbocycles. The molecule has 111 heavy (non-hydrogen) atoms. The molecule has 634 valence electrons. The summed E-state index contributed by atoms with van der Waals surface area (Å²) in [4.78, 5) is 7.70. The molecule has 3 N–H and O–H groups in total. The van der Waals surface area contributed by atoms with Crippen LogP contribution >= 0.6 is 0 Å². The number of ether oxygens (including phenoxy) is 4. The second-order valence-corrected chi connectivity index (χ2v) is 59.2. The third kappa shape index (κ3) is 18.8. The first kappa shape index (κ1) is 90.8. The van der Waals surface area contributed by atoms with E-state index in [9.17, 15) is 47.2 Å². The molecule has 0 radical (unpaired) electrons. The molecule has 0 aromatic heterocycles. The Kier molecular flexibility index (Phi) is 23.2.